The summed E-state index contributed by atoms with van der Waals surface area (Å²) >= 11 is 7.22. The minimum absolute atomic E-state index is 0.0390. The van der Waals surface area contributed by atoms with Gasteiger partial charge in [-0.15, -0.1) is 11.3 Å². The minimum Gasteiger partial charge on any atom is -0.270 e. The van der Waals surface area contributed by atoms with Gasteiger partial charge in [0.2, 0.25) is 5.28 Å². The fourth-order valence-electron chi connectivity index (χ4n) is 2.27. The molecule has 0 aliphatic rings. The van der Waals surface area contributed by atoms with E-state index in [1.807, 2.05) is 17.8 Å². The lowest BCUT2D eigenvalue weighted by Gasteiger charge is -2.05. The Morgan fingerprint density at radius 2 is 2.15 bits per heavy atom. The molecule has 0 N–H and O–H groups in total. The molecule has 0 saturated heterocycles. The Morgan fingerprint density at radius 1 is 1.40 bits per heavy atom. The molecule has 0 fully saturated rings. The molecule has 104 valence electrons. The summed E-state index contributed by atoms with van der Waals surface area (Å²) in [6, 6.07) is 1.84. The van der Waals surface area contributed by atoms with E-state index >= 15 is 0 Å². The number of hydrogen-bond acceptors (Lipinski definition) is 4. The lowest BCUT2D eigenvalue weighted by Crippen LogP contribution is -1.99. The van der Waals surface area contributed by atoms with Crippen LogP contribution >= 0.6 is 22.9 Å². The molecule has 3 heterocycles. The van der Waals surface area contributed by atoms with Crippen molar-refractivity contribution in [2.24, 2.45) is 7.05 Å². The number of thiophene rings is 1. The predicted octanol–water partition coefficient (Wildman–Crippen LogP) is 4.01. The monoisotopic (exact) mass is 310 g/mol. The molecule has 0 saturated carbocycles. The van der Waals surface area contributed by atoms with Crippen LogP contribution in [0.4, 0.5) is 4.39 Å². The van der Waals surface area contributed by atoms with Crippen molar-refractivity contribution in [3.63, 3.8) is 0 Å². The van der Waals surface area contributed by atoms with Crippen molar-refractivity contribution >= 4 is 33.2 Å². The van der Waals surface area contributed by atoms with E-state index in [9.17, 15) is 4.39 Å². The van der Waals surface area contributed by atoms with Crippen molar-refractivity contribution in [1.29, 1.82) is 0 Å². The Bertz CT molecular complexity index is 793. The molecular formula is C13H12ClFN4S. The SMILES string of the molecule is CC(C)c1c2sc(-c3nc(Cl)ncc3F)cc2nn1C. The normalized spacial score (nSPS) is 11.7. The Morgan fingerprint density at radius 3 is 2.85 bits per heavy atom. The first-order chi connectivity index (χ1) is 9.47. The third kappa shape index (κ3) is 2.09. The van der Waals surface area contributed by atoms with Crippen LogP contribution in [0.3, 0.4) is 0 Å². The summed E-state index contributed by atoms with van der Waals surface area (Å²) in [4.78, 5) is 8.32. The molecule has 0 atom stereocenters. The van der Waals surface area contributed by atoms with Crippen molar-refractivity contribution in [1.82, 2.24) is 19.7 Å². The molecule has 7 heteroatoms. The number of nitrogens with zero attached hydrogens (tertiary/aromatic N) is 4. The van der Waals surface area contributed by atoms with Crippen LogP contribution in [0.2, 0.25) is 5.28 Å². The highest BCUT2D eigenvalue weighted by Crippen LogP contribution is 2.37. The third-order valence-electron chi connectivity index (χ3n) is 3.05. The second-order valence-corrected chi connectivity index (χ2v) is 6.21. The van der Waals surface area contributed by atoms with Crippen molar-refractivity contribution in [2.45, 2.75) is 19.8 Å². The summed E-state index contributed by atoms with van der Waals surface area (Å²) in [5.74, 6) is -0.135. The third-order valence-corrected chi connectivity index (χ3v) is 4.38. The standard InChI is InChI=1S/C13H12ClFN4S/c1-6(2)11-12-8(18-19(11)3)4-9(20-12)10-7(15)5-16-13(14)17-10/h4-6H,1-3H3. The van der Waals surface area contributed by atoms with Crippen molar-refractivity contribution in [2.75, 3.05) is 0 Å². The maximum Gasteiger partial charge on any atom is 0.223 e. The van der Waals surface area contributed by atoms with Crippen LogP contribution in [0, 0.1) is 5.82 Å². The number of halogens is 2. The van der Waals surface area contributed by atoms with Crippen LogP contribution in [0.1, 0.15) is 25.5 Å². The average molecular weight is 311 g/mol. The number of hydrogen-bond donors (Lipinski definition) is 0. The summed E-state index contributed by atoms with van der Waals surface area (Å²) in [5, 5.41) is 4.50. The molecule has 0 aromatic carbocycles. The minimum atomic E-state index is -0.478. The summed E-state index contributed by atoms with van der Waals surface area (Å²) < 4.78 is 16.8. The zero-order chi connectivity index (χ0) is 14.4. The lowest BCUT2D eigenvalue weighted by atomic mass is 10.1. The first-order valence-electron chi connectivity index (χ1n) is 6.12. The second kappa shape index (κ2) is 4.79. The first-order valence-corrected chi connectivity index (χ1v) is 7.31. The summed E-state index contributed by atoms with van der Waals surface area (Å²) in [7, 11) is 1.92. The molecule has 0 amide bonds. The van der Waals surface area contributed by atoms with E-state index in [2.05, 4.69) is 28.9 Å². The summed E-state index contributed by atoms with van der Waals surface area (Å²) in [6.45, 7) is 4.22. The topological polar surface area (TPSA) is 43.6 Å². The maximum atomic E-state index is 13.8. The number of fused-ring (bicyclic) bond motifs is 1. The van der Waals surface area contributed by atoms with Crippen LogP contribution < -0.4 is 0 Å². The molecule has 3 rings (SSSR count). The number of rotatable bonds is 2. The van der Waals surface area contributed by atoms with Crippen molar-refractivity contribution in [3.8, 4) is 10.6 Å². The van der Waals surface area contributed by atoms with E-state index in [1.165, 1.54) is 11.3 Å². The molecule has 0 spiro atoms. The van der Waals surface area contributed by atoms with Gasteiger partial charge in [-0.1, -0.05) is 13.8 Å². The molecule has 3 aromatic heterocycles. The molecule has 0 aliphatic carbocycles. The van der Waals surface area contributed by atoms with Crippen LogP contribution in [0.15, 0.2) is 12.3 Å². The van der Waals surface area contributed by atoms with Crippen molar-refractivity contribution < 1.29 is 4.39 Å². The smallest absolute Gasteiger partial charge is 0.223 e. The van der Waals surface area contributed by atoms with E-state index in [1.54, 1.807) is 0 Å². The van der Waals surface area contributed by atoms with Gasteiger partial charge in [-0.2, -0.15) is 5.10 Å². The molecule has 0 unspecified atom stereocenters. The highest BCUT2D eigenvalue weighted by atomic mass is 35.5. The molecule has 4 nitrogen and oxygen atoms in total. The summed E-state index contributed by atoms with van der Waals surface area (Å²) in [6.07, 6.45) is 1.09. The Balaban J connectivity index is 2.21. The Hall–Kier alpha value is -1.53. The van der Waals surface area contributed by atoms with E-state index < -0.39 is 5.82 Å². The largest absolute Gasteiger partial charge is 0.270 e. The van der Waals surface area contributed by atoms with Crippen LogP contribution in [0.5, 0.6) is 0 Å². The van der Waals surface area contributed by atoms with E-state index in [4.69, 9.17) is 11.6 Å². The van der Waals surface area contributed by atoms with Crippen molar-refractivity contribution in [3.05, 3.63) is 29.1 Å². The second-order valence-electron chi connectivity index (χ2n) is 4.82. The highest BCUT2D eigenvalue weighted by molar-refractivity contribution is 7.22. The molecular weight excluding hydrogens is 299 g/mol. The average Bonchev–Trinajstić information content (AvgIpc) is 2.87. The molecule has 20 heavy (non-hydrogen) atoms. The van der Waals surface area contributed by atoms with Gasteiger partial charge in [-0.3, -0.25) is 4.68 Å². The van der Waals surface area contributed by atoms with Gasteiger partial charge in [-0.05, 0) is 23.6 Å². The molecule has 0 aliphatic heterocycles. The van der Waals surface area contributed by atoms with E-state index in [0.717, 1.165) is 22.1 Å². The molecule has 3 aromatic rings. The lowest BCUT2D eigenvalue weighted by molar-refractivity contribution is 0.618. The van der Waals surface area contributed by atoms with Gasteiger partial charge in [0, 0.05) is 7.05 Å². The van der Waals surface area contributed by atoms with Crippen LogP contribution in [-0.4, -0.2) is 19.7 Å². The zero-order valence-electron chi connectivity index (χ0n) is 11.2. The maximum absolute atomic E-state index is 13.8. The zero-order valence-corrected chi connectivity index (χ0v) is 12.8. The van der Waals surface area contributed by atoms with E-state index in [-0.39, 0.29) is 11.0 Å². The molecule has 0 bridgehead atoms. The van der Waals surface area contributed by atoms with Gasteiger partial charge in [0.1, 0.15) is 11.2 Å². The van der Waals surface area contributed by atoms with Gasteiger partial charge in [0.05, 0.1) is 21.5 Å². The molecule has 0 radical (unpaired) electrons. The summed E-state index contributed by atoms with van der Waals surface area (Å²) in [5.41, 5.74) is 2.22. The van der Waals surface area contributed by atoms with Crippen LogP contribution in [0.25, 0.3) is 20.8 Å². The predicted molar refractivity (Wildman–Crippen MR) is 78.7 cm³/mol. The fraction of sp³-hybridized carbons (Fsp3) is 0.308. The first kappa shape index (κ1) is 13.5. The Labute approximate surface area is 124 Å². The van der Waals surface area contributed by atoms with Gasteiger partial charge < -0.3 is 0 Å². The highest BCUT2D eigenvalue weighted by Gasteiger charge is 2.18. The van der Waals surface area contributed by atoms with Gasteiger partial charge in [-0.25, -0.2) is 14.4 Å². The van der Waals surface area contributed by atoms with Gasteiger partial charge in [0.15, 0.2) is 5.82 Å². The Kier molecular flexibility index (Phi) is 3.22. The van der Waals surface area contributed by atoms with E-state index in [0.29, 0.717) is 10.8 Å². The van der Waals surface area contributed by atoms with Crippen LogP contribution in [-0.2, 0) is 7.05 Å². The number of aromatic nitrogens is 4. The number of aryl methyl sites for hydroxylation is 1. The van der Waals surface area contributed by atoms with Gasteiger partial charge in [0.25, 0.3) is 0 Å². The van der Waals surface area contributed by atoms with Gasteiger partial charge >= 0.3 is 0 Å². The fourth-order valence-corrected chi connectivity index (χ4v) is 3.71. The quantitative estimate of drug-likeness (QED) is 0.672.